The zero-order valence-electron chi connectivity index (χ0n) is 10.3. The predicted molar refractivity (Wildman–Crippen MR) is 82.1 cm³/mol. The van der Waals surface area contributed by atoms with Crippen molar-refractivity contribution < 1.29 is 0 Å². The second kappa shape index (κ2) is 7.50. The smallest absolute Gasteiger partial charge is 0.210 e. The molecule has 1 aromatic carbocycles. The largest absolute Gasteiger partial charge is 0.325 e. The molecule has 0 aliphatic heterocycles. The molecule has 0 bridgehead atoms. The number of nitrogens with zero attached hydrogens (tertiary/aromatic N) is 1. The van der Waals surface area contributed by atoms with E-state index in [2.05, 4.69) is 64.3 Å². The van der Waals surface area contributed by atoms with E-state index in [1.54, 1.807) is 0 Å². The van der Waals surface area contributed by atoms with Crippen molar-refractivity contribution in [3.8, 4) is 0 Å². The topological polar surface area (TPSA) is 62.4 Å². The molecule has 4 N–H and O–H groups in total. The first-order chi connectivity index (χ1) is 8.17. The SMILES string of the molecule is CCCCN=C(NN)Nc1ccc(C)c(I)c1. The fourth-order valence-corrected chi connectivity index (χ4v) is 1.79. The number of guanidine groups is 1. The maximum absolute atomic E-state index is 5.43. The summed E-state index contributed by atoms with van der Waals surface area (Å²) in [5.74, 6) is 6.03. The molecule has 1 rings (SSSR count). The van der Waals surface area contributed by atoms with Gasteiger partial charge in [0.25, 0.3) is 0 Å². The number of unbranched alkanes of at least 4 members (excludes halogenated alkanes) is 1. The van der Waals surface area contributed by atoms with Crippen LogP contribution in [0.15, 0.2) is 23.2 Å². The van der Waals surface area contributed by atoms with Crippen LogP contribution in [0.2, 0.25) is 0 Å². The number of aliphatic imine (C=N–C) groups is 1. The molecule has 1 aromatic rings. The van der Waals surface area contributed by atoms with E-state index in [0.29, 0.717) is 5.96 Å². The summed E-state index contributed by atoms with van der Waals surface area (Å²) in [6.45, 7) is 5.01. The summed E-state index contributed by atoms with van der Waals surface area (Å²) in [5, 5.41) is 3.16. The fourth-order valence-electron chi connectivity index (χ4n) is 1.28. The number of hydrogen-bond donors (Lipinski definition) is 3. The van der Waals surface area contributed by atoms with Crippen molar-refractivity contribution >= 4 is 34.2 Å². The molecule has 0 spiro atoms. The van der Waals surface area contributed by atoms with Crippen LogP contribution in [0.4, 0.5) is 5.69 Å². The van der Waals surface area contributed by atoms with Crippen LogP contribution in [-0.2, 0) is 0 Å². The number of benzene rings is 1. The molecule has 94 valence electrons. The maximum atomic E-state index is 5.43. The molecule has 0 aliphatic rings. The van der Waals surface area contributed by atoms with Gasteiger partial charge in [-0.15, -0.1) is 0 Å². The van der Waals surface area contributed by atoms with Crippen molar-refractivity contribution in [2.45, 2.75) is 26.7 Å². The molecule has 0 aliphatic carbocycles. The summed E-state index contributed by atoms with van der Waals surface area (Å²) >= 11 is 2.31. The molecule has 0 unspecified atom stereocenters. The molecule has 0 aromatic heterocycles. The van der Waals surface area contributed by atoms with E-state index < -0.39 is 0 Å². The van der Waals surface area contributed by atoms with Crippen molar-refractivity contribution in [3.63, 3.8) is 0 Å². The Hall–Kier alpha value is -0.820. The standard InChI is InChI=1S/C12H19IN4/c1-3-4-7-15-12(17-14)16-10-6-5-9(2)11(13)8-10/h5-6,8H,3-4,7,14H2,1-2H3,(H2,15,16,17). The van der Waals surface area contributed by atoms with Crippen molar-refractivity contribution in [3.05, 3.63) is 27.3 Å². The Balaban J connectivity index is 2.67. The van der Waals surface area contributed by atoms with Crippen LogP contribution in [0.25, 0.3) is 0 Å². The Morgan fingerprint density at radius 1 is 1.47 bits per heavy atom. The van der Waals surface area contributed by atoms with E-state index in [4.69, 9.17) is 5.84 Å². The number of nitrogens with one attached hydrogen (secondary N) is 2. The van der Waals surface area contributed by atoms with Crippen LogP contribution in [-0.4, -0.2) is 12.5 Å². The Morgan fingerprint density at radius 2 is 2.24 bits per heavy atom. The van der Waals surface area contributed by atoms with Gasteiger partial charge in [-0.05, 0) is 53.6 Å². The minimum Gasteiger partial charge on any atom is -0.325 e. The first-order valence-electron chi connectivity index (χ1n) is 5.71. The molecule has 5 heteroatoms. The van der Waals surface area contributed by atoms with Crippen LogP contribution in [0.5, 0.6) is 0 Å². The lowest BCUT2D eigenvalue weighted by Crippen LogP contribution is -2.36. The van der Waals surface area contributed by atoms with Crippen LogP contribution >= 0.6 is 22.6 Å². The molecule has 0 radical (unpaired) electrons. The number of rotatable bonds is 4. The van der Waals surface area contributed by atoms with Crippen molar-refractivity contribution in [1.82, 2.24) is 5.43 Å². The summed E-state index contributed by atoms with van der Waals surface area (Å²) in [4.78, 5) is 4.35. The Bertz CT molecular complexity index is 390. The molecule has 0 atom stereocenters. The summed E-state index contributed by atoms with van der Waals surface area (Å²) in [6, 6.07) is 6.16. The van der Waals surface area contributed by atoms with Crippen molar-refractivity contribution in [2.75, 3.05) is 11.9 Å². The molecule has 0 heterocycles. The van der Waals surface area contributed by atoms with Crippen LogP contribution in [0.1, 0.15) is 25.3 Å². The van der Waals surface area contributed by atoms with Gasteiger partial charge in [0.1, 0.15) is 0 Å². The van der Waals surface area contributed by atoms with E-state index >= 15 is 0 Å². The van der Waals surface area contributed by atoms with Gasteiger partial charge in [0.05, 0.1) is 0 Å². The Labute approximate surface area is 116 Å². The number of anilines is 1. The van der Waals surface area contributed by atoms with Crippen LogP contribution in [0.3, 0.4) is 0 Å². The third-order valence-electron chi connectivity index (χ3n) is 2.35. The third kappa shape index (κ3) is 4.91. The van der Waals surface area contributed by atoms with Gasteiger partial charge in [-0.2, -0.15) is 0 Å². The zero-order chi connectivity index (χ0) is 12.7. The summed E-state index contributed by atoms with van der Waals surface area (Å²) in [7, 11) is 0. The number of halogens is 1. The number of nitrogens with two attached hydrogens (primary N) is 1. The zero-order valence-corrected chi connectivity index (χ0v) is 12.4. The number of hydrogen-bond acceptors (Lipinski definition) is 2. The second-order valence-electron chi connectivity index (χ2n) is 3.82. The molecule has 0 fully saturated rings. The van der Waals surface area contributed by atoms with Gasteiger partial charge in [-0.3, -0.25) is 10.4 Å². The highest BCUT2D eigenvalue weighted by molar-refractivity contribution is 14.1. The highest BCUT2D eigenvalue weighted by Crippen LogP contribution is 2.16. The summed E-state index contributed by atoms with van der Waals surface area (Å²) in [5.41, 5.74) is 4.84. The molecule has 0 amide bonds. The number of aryl methyl sites for hydroxylation is 1. The average molecular weight is 346 g/mol. The molecule has 4 nitrogen and oxygen atoms in total. The van der Waals surface area contributed by atoms with Crippen LogP contribution in [0, 0.1) is 10.5 Å². The van der Waals surface area contributed by atoms with Crippen molar-refractivity contribution in [1.29, 1.82) is 0 Å². The highest BCUT2D eigenvalue weighted by Gasteiger charge is 2.00. The van der Waals surface area contributed by atoms with Gasteiger partial charge >= 0.3 is 0 Å². The van der Waals surface area contributed by atoms with Gasteiger partial charge in [-0.1, -0.05) is 19.4 Å². The predicted octanol–water partition coefficient (Wildman–Crippen LogP) is 2.63. The van der Waals surface area contributed by atoms with E-state index in [0.717, 1.165) is 25.1 Å². The van der Waals surface area contributed by atoms with Gasteiger partial charge in [0.2, 0.25) is 5.96 Å². The second-order valence-corrected chi connectivity index (χ2v) is 4.98. The van der Waals surface area contributed by atoms with Gasteiger partial charge in [-0.25, -0.2) is 5.84 Å². The highest BCUT2D eigenvalue weighted by atomic mass is 127. The molecule has 17 heavy (non-hydrogen) atoms. The quantitative estimate of drug-likeness (QED) is 0.196. The Morgan fingerprint density at radius 3 is 2.82 bits per heavy atom. The molecular weight excluding hydrogens is 327 g/mol. The minimum absolute atomic E-state index is 0.609. The molecular formula is C12H19IN4. The van der Waals surface area contributed by atoms with E-state index in [-0.39, 0.29) is 0 Å². The lowest BCUT2D eigenvalue weighted by molar-refractivity contribution is 0.801. The summed E-state index contributed by atoms with van der Waals surface area (Å²) < 4.78 is 1.22. The normalized spacial score (nSPS) is 11.4. The Kier molecular flexibility index (Phi) is 6.28. The van der Waals surface area contributed by atoms with Gasteiger partial charge in [0.15, 0.2) is 0 Å². The van der Waals surface area contributed by atoms with Gasteiger partial charge < -0.3 is 5.32 Å². The first-order valence-corrected chi connectivity index (χ1v) is 6.79. The molecule has 0 saturated heterocycles. The third-order valence-corrected chi connectivity index (χ3v) is 3.52. The average Bonchev–Trinajstić information content (AvgIpc) is 2.32. The first kappa shape index (κ1) is 14.2. The lowest BCUT2D eigenvalue weighted by atomic mass is 10.2. The van der Waals surface area contributed by atoms with E-state index in [9.17, 15) is 0 Å². The fraction of sp³-hybridized carbons (Fsp3) is 0.417. The molecule has 0 saturated carbocycles. The van der Waals surface area contributed by atoms with E-state index in [1.165, 1.54) is 9.13 Å². The van der Waals surface area contributed by atoms with Gasteiger partial charge in [0, 0.05) is 15.8 Å². The van der Waals surface area contributed by atoms with E-state index in [1.807, 2.05) is 6.07 Å². The van der Waals surface area contributed by atoms with Crippen LogP contribution < -0.4 is 16.6 Å². The monoisotopic (exact) mass is 346 g/mol. The summed E-state index contributed by atoms with van der Waals surface area (Å²) in [6.07, 6.45) is 2.20. The lowest BCUT2D eigenvalue weighted by Gasteiger charge is -2.10. The maximum Gasteiger partial charge on any atom is 0.210 e. The number of hydrazine groups is 1. The minimum atomic E-state index is 0.609. The van der Waals surface area contributed by atoms with Crippen molar-refractivity contribution in [2.24, 2.45) is 10.8 Å².